The van der Waals surface area contributed by atoms with Crippen LogP contribution in [0.15, 0.2) is 35.4 Å². The first-order valence-corrected chi connectivity index (χ1v) is 8.11. The molecule has 2 aromatic rings. The van der Waals surface area contributed by atoms with Crippen molar-refractivity contribution in [2.45, 2.75) is 4.90 Å². The largest absolute Gasteiger partial charge is 0.464 e. The Labute approximate surface area is 142 Å². The molecule has 0 fully saturated rings. The van der Waals surface area contributed by atoms with Crippen LogP contribution in [0.3, 0.4) is 0 Å². The highest BCUT2D eigenvalue weighted by molar-refractivity contribution is 7.90. The molecule has 1 aromatic carbocycles. The summed E-state index contributed by atoms with van der Waals surface area (Å²) >= 11 is 0. The first kappa shape index (κ1) is 17.8. The van der Waals surface area contributed by atoms with Crippen molar-refractivity contribution in [2.24, 2.45) is 5.73 Å². The lowest BCUT2D eigenvalue weighted by molar-refractivity contribution is 0.0593. The van der Waals surface area contributed by atoms with E-state index in [1.807, 2.05) is 6.07 Å². The second-order valence-electron chi connectivity index (χ2n) is 4.74. The Hall–Kier alpha value is -3.52. The standard InChI is InChI=1S/C14H13N5O5S/c1-24-13(20)12-11(16)8(6-15)7-19(12)9-2-4-10(5-3-9)25(22,23)18-14(17)21/h2-5,7H,16H2,1H3,(H3,17,18,21). The zero-order valence-electron chi connectivity index (χ0n) is 12.9. The maximum atomic E-state index is 11.9. The summed E-state index contributed by atoms with van der Waals surface area (Å²) in [6, 6.07) is 5.76. The monoisotopic (exact) mass is 363 g/mol. The first-order chi connectivity index (χ1) is 11.7. The number of hydrogen-bond acceptors (Lipinski definition) is 7. The van der Waals surface area contributed by atoms with Crippen LogP contribution in [0, 0.1) is 11.3 Å². The summed E-state index contributed by atoms with van der Waals surface area (Å²) in [6.07, 6.45) is 1.33. The van der Waals surface area contributed by atoms with Gasteiger partial charge in [-0.15, -0.1) is 0 Å². The SMILES string of the molecule is COC(=O)c1c(N)c(C#N)cn1-c1ccc(S(=O)(=O)NC(N)=O)cc1. The molecule has 0 aliphatic carbocycles. The van der Waals surface area contributed by atoms with E-state index >= 15 is 0 Å². The van der Waals surface area contributed by atoms with Gasteiger partial charge in [-0.05, 0) is 24.3 Å². The lowest BCUT2D eigenvalue weighted by Crippen LogP contribution is -2.34. The summed E-state index contributed by atoms with van der Waals surface area (Å²) in [5.74, 6) is -0.758. The van der Waals surface area contributed by atoms with Crippen molar-refractivity contribution in [3.05, 3.63) is 41.7 Å². The lowest BCUT2D eigenvalue weighted by Gasteiger charge is -2.10. The first-order valence-electron chi connectivity index (χ1n) is 6.63. The number of ether oxygens (including phenoxy) is 1. The maximum absolute atomic E-state index is 11.9. The molecule has 0 spiro atoms. The van der Waals surface area contributed by atoms with Gasteiger partial charge in [0.05, 0.1) is 23.3 Å². The molecule has 1 heterocycles. The highest BCUT2D eigenvalue weighted by atomic mass is 32.2. The van der Waals surface area contributed by atoms with Crippen molar-refractivity contribution in [3.8, 4) is 11.8 Å². The van der Waals surface area contributed by atoms with E-state index in [-0.39, 0.29) is 21.8 Å². The third kappa shape index (κ3) is 3.38. The molecule has 0 atom stereocenters. The van der Waals surface area contributed by atoms with Gasteiger partial charge in [-0.25, -0.2) is 22.7 Å². The van der Waals surface area contributed by atoms with E-state index in [0.717, 1.165) is 7.11 Å². The summed E-state index contributed by atoms with van der Waals surface area (Å²) in [7, 11) is -2.94. The van der Waals surface area contributed by atoms with Crippen LogP contribution in [-0.4, -0.2) is 32.1 Å². The van der Waals surface area contributed by atoms with Crippen molar-refractivity contribution in [1.82, 2.24) is 9.29 Å². The zero-order valence-corrected chi connectivity index (χ0v) is 13.7. The number of urea groups is 1. The molecule has 0 aliphatic heterocycles. The summed E-state index contributed by atoms with van der Waals surface area (Å²) in [5, 5.41) is 9.07. The fourth-order valence-corrected chi connectivity index (χ4v) is 2.97. The number of benzene rings is 1. The summed E-state index contributed by atoms with van der Waals surface area (Å²) in [4.78, 5) is 22.4. The molecular formula is C14H13N5O5S. The van der Waals surface area contributed by atoms with Crippen molar-refractivity contribution in [3.63, 3.8) is 0 Å². The minimum atomic E-state index is -4.10. The minimum Gasteiger partial charge on any atom is -0.464 e. The highest BCUT2D eigenvalue weighted by Gasteiger charge is 2.22. The van der Waals surface area contributed by atoms with Crippen molar-refractivity contribution in [1.29, 1.82) is 5.26 Å². The fraction of sp³-hybridized carbons (Fsp3) is 0.0714. The molecule has 10 nitrogen and oxygen atoms in total. The molecular weight excluding hydrogens is 350 g/mol. The number of nitrogen functional groups attached to an aromatic ring is 1. The Morgan fingerprint density at radius 1 is 1.28 bits per heavy atom. The number of nitrogens with zero attached hydrogens (tertiary/aromatic N) is 2. The van der Waals surface area contributed by atoms with Gasteiger partial charge in [0.15, 0.2) is 5.69 Å². The number of rotatable bonds is 4. The molecule has 130 valence electrons. The van der Waals surface area contributed by atoms with E-state index in [2.05, 4.69) is 4.74 Å². The van der Waals surface area contributed by atoms with Gasteiger partial charge in [0, 0.05) is 11.9 Å². The van der Waals surface area contributed by atoms with Crippen LogP contribution >= 0.6 is 0 Å². The molecule has 2 amide bonds. The van der Waals surface area contributed by atoms with Gasteiger partial charge in [0.1, 0.15) is 6.07 Å². The van der Waals surface area contributed by atoms with Crippen LogP contribution in [-0.2, 0) is 14.8 Å². The summed E-state index contributed by atoms with van der Waals surface area (Å²) in [6.45, 7) is 0. The second kappa shape index (κ2) is 6.54. The van der Waals surface area contributed by atoms with Gasteiger partial charge in [-0.2, -0.15) is 5.26 Å². The predicted molar refractivity (Wildman–Crippen MR) is 86.1 cm³/mol. The Balaban J connectivity index is 2.53. The number of nitrogens with two attached hydrogens (primary N) is 2. The number of carbonyl (C=O) groups excluding carboxylic acids is 2. The number of sulfonamides is 1. The predicted octanol–water partition coefficient (Wildman–Crippen LogP) is 0.0748. The molecule has 25 heavy (non-hydrogen) atoms. The molecule has 0 saturated heterocycles. The summed E-state index contributed by atoms with van der Waals surface area (Å²) < 4.78 is 31.3. The Morgan fingerprint density at radius 2 is 1.88 bits per heavy atom. The van der Waals surface area contributed by atoms with Crippen LogP contribution in [0.25, 0.3) is 5.69 Å². The number of esters is 1. The Kier molecular flexibility index (Phi) is 4.66. The normalized spacial score (nSPS) is 10.7. The molecule has 5 N–H and O–H groups in total. The molecule has 11 heteroatoms. The van der Waals surface area contributed by atoms with Crippen LogP contribution < -0.4 is 16.2 Å². The van der Waals surface area contributed by atoms with Crippen molar-refractivity contribution in [2.75, 3.05) is 12.8 Å². The fourth-order valence-electron chi connectivity index (χ4n) is 2.10. The van der Waals surface area contributed by atoms with Gasteiger partial charge in [-0.3, -0.25) is 0 Å². The summed E-state index contributed by atoms with van der Waals surface area (Å²) in [5.41, 5.74) is 10.9. The van der Waals surface area contributed by atoms with Gasteiger partial charge >= 0.3 is 12.0 Å². The number of nitrogens with one attached hydrogen (secondary N) is 1. The van der Waals surface area contributed by atoms with Crippen LogP contribution in [0.4, 0.5) is 10.5 Å². The van der Waals surface area contributed by atoms with E-state index in [1.165, 1.54) is 35.0 Å². The van der Waals surface area contributed by atoms with Gasteiger partial charge < -0.3 is 20.8 Å². The quantitative estimate of drug-likeness (QED) is 0.645. The van der Waals surface area contributed by atoms with Crippen LogP contribution in [0.1, 0.15) is 16.1 Å². The van der Waals surface area contributed by atoms with Gasteiger partial charge in [0.25, 0.3) is 10.0 Å². The number of methoxy groups -OCH3 is 1. The second-order valence-corrected chi connectivity index (χ2v) is 6.42. The Morgan fingerprint density at radius 3 is 2.36 bits per heavy atom. The molecule has 0 bridgehead atoms. The third-order valence-electron chi connectivity index (χ3n) is 3.20. The average molecular weight is 363 g/mol. The van der Waals surface area contributed by atoms with Crippen LogP contribution in [0.5, 0.6) is 0 Å². The molecule has 1 aromatic heterocycles. The number of aromatic nitrogens is 1. The van der Waals surface area contributed by atoms with E-state index in [4.69, 9.17) is 16.7 Å². The number of nitriles is 1. The molecule has 2 rings (SSSR count). The number of amides is 2. The van der Waals surface area contributed by atoms with E-state index in [0.29, 0.717) is 5.69 Å². The molecule has 0 saturated carbocycles. The number of primary amides is 1. The maximum Gasteiger partial charge on any atom is 0.357 e. The lowest BCUT2D eigenvalue weighted by atomic mass is 10.2. The van der Waals surface area contributed by atoms with Crippen LogP contribution in [0.2, 0.25) is 0 Å². The Bertz CT molecular complexity index is 986. The van der Waals surface area contributed by atoms with Gasteiger partial charge in [0.2, 0.25) is 0 Å². The third-order valence-corrected chi connectivity index (χ3v) is 4.57. The van der Waals surface area contributed by atoms with E-state index in [9.17, 15) is 18.0 Å². The highest BCUT2D eigenvalue weighted by Crippen LogP contribution is 2.25. The zero-order chi connectivity index (χ0) is 18.8. The van der Waals surface area contributed by atoms with Crippen molar-refractivity contribution >= 4 is 27.7 Å². The van der Waals surface area contributed by atoms with Crippen molar-refractivity contribution < 1.29 is 22.7 Å². The average Bonchev–Trinajstić information content (AvgIpc) is 2.89. The van der Waals surface area contributed by atoms with E-state index < -0.39 is 22.0 Å². The molecule has 0 aliphatic rings. The van der Waals surface area contributed by atoms with E-state index in [1.54, 1.807) is 4.72 Å². The van der Waals surface area contributed by atoms with Gasteiger partial charge in [-0.1, -0.05) is 0 Å². The topological polar surface area (TPSA) is 170 Å². The number of anilines is 1. The molecule has 0 radical (unpaired) electrons. The number of hydrogen-bond donors (Lipinski definition) is 3. The molecule has 0 unspecified atom stereocenters. The smallest absolute Gasteiger partial charge is 0.357 e. The number of carbonyl (C=O) groups is 2. The minimum absolute atomic E-state index is 0.0542.